The number of ether oxygens (including phenoxy) is 1. The molecule has 0 saturated heterocycles. The molecule has 8 aromatic carbocycles. The van der Waals surface area contributed by atoms with Crippen LogP contribution in [0.4, 0.5) is 34.1 Å². The standard InChI is InChI=1S/C52H40N2O/c1-51(2)41-17-8-7-16-39(41)40-29-28-37(32-44(40)51)53(45-20-11-14-34-13-5-6-15-38(34)45)36-26-23-33(24-27-36)35-25-30-42-47(31-35)54-46-19-9-10-21-48(46)55-49-22-12-18-43(50(49)54)52(42,3)4/h5-32H,1-4H3. The van der Waals surface area contributed by atoms with Gasteiger partial charge in [-0.3, -0.25) is 0 Å². The number of nitrogens with zero attached hydrogens (tertiary/aromatic N) is 2. The molecule has 264 valence electrons. The molecule has 0 aromatic heterocycles. The summed E-state index contributed by atoms with van der Waals surface area (Å²) >= 11 is 0. The van der Waals surface area contributed by atoms with Crippen molar-refractivity contribution in [2.75, 3.05) is 9.80 Å². The van der Waals surface area contributed by atoms with Gasteiger partial charge >= 0.3 is 0 Å². The Kier molecular flexibility index (Phi) is 6.65. The van der Waals surface area contributed by atoms with Gasteiger partial charge in [0.1, 0.15) is 0 Å². The highest BCUT2D eigenvalue weighted by Gasteiger charge is 2.41. The third-order valence-electron chi connectivity index (χ3n) is 12.4. The minimum Gasteiger partial charge on any atom is -0.453 e. The summed E-state index contributed by atoms with van der Waals surface area (Å²) in [5.41, 5.74) is 16.9. The molecule has 2 aliphatic heterocycles. The van der Waals surface area contributed by atoms with Crippen molar-refractivity contribution in [1.82, 2.24) is 0 Å². The number of hydrogen-bond acceptors (Lipinski definition) is 3. The monoisotopic (exact) mass is 708 g/mol. The lowest BCUT2D eigenvalue weighted by atomic mass is 9.72. The maximum absolute atomic E-state index is 6.49. The maximum atomic E-state index is 6.49. The van der Waals surface area contributed by atoms with Gasteiger partial charge < -0.3 is 14.5 Å². The van der Waals surface area contributed by atoms with Gasteiger partial charge in [0.25, 0.3) is 0 Å². The molecule has 0 bridgehead atoms. The first-order valence-corrected chi connectivity index (χ1v) is 19.3. The number of rotatable bonds is 4. The highest BCUT2D eigenvalue weighted by Crippen LogP contribution is 2.60. The van der Waals surface area contributed by atoms with Crippen molar-refractivity contribution < 1.29 is 4.74 Å². The van der Waals surface area contributed by atoms with Gasteiger partial charge in [-0.1, -0.05) is 143 Å². The van der Waals surface area contributed by atoms with Crippen molar-refractivity contribution in [2.24, 2.45) is 0 Å². The maximum Gasteiger partial charge on any atom is 0.151 e. The predicted octanol–water partition coefficient (Wildman–Crippen LogP) is 14.5. The second kappa shape index (κ2) is 11.5. The molecule has 3 heteroatoms. The summed E-state index contributed by atoms with van der Waals surface area (Å²) in [5, 5.41) is 2.45. The molecular weight excluding hydrogens is 669 g/mol. The van der Waals surface area contributed by atoms with Crippen LogP contribution < -0.4 is 14.5 Å². The fraction of sp³-hybridized carbons (Fsp3) is 0.115. The highest BCUT2D eigenvalue weighted by molar-refractivity contribution is 6.00. The van der Waals surface area contributed by atoms with Crippen molar-refractivity contribution >= 4 is 44.9 Å². The molecule has 0 amide bonds. The Morgan fingerprint density at radius 3 is 2.00 bits per heavy atom. The largest absolute Gasteiger partial charge is 0.453 e. The Bertz CT molecular complexity index is 2860. The molecule has 0 saturated carbocycles. The molecule has 1 aliphatic carbocycles. The van der Waals surface area contributed by atoms with Gasteiger partial charge in [0.05, 0.1) is 22.7 Å². The topological polar surface area (TPSA) is 15.7 Å². The van der Waals surface area contributed by atoms with Crippen molar-refractivity contribution in [3.05, 3.63) is 192 Å². The average molecular weight is 709 g/mol. The smallest absolute Gasteiger partial charge is 0.151 e. The number of hydrogen-bond donors (Lipinski definition) is 0. The molecule has 0 radical (unpaired) electrons. The van der Waals surface area contributed by atoms with E-state index in [9.17, 15) is 0 Å². The summed E-state index contributed by atoms with van der Waals surface area (Å²) in [6, 6.07) is 62.2. The average Bonchev–Trinajstić information content (AvgIpc) is 3.45. The van der Waals surface area contributed by atoms with Crippen LogP contribution in [-0.4, -0.2) is 0 Å². The number of para-hydroxylation sites is 3. The van der Waals surface area contributed by atoms with E-state index in [1.165, 1.54) is 61.0 Å². The van der Waals surface area contributed by atoms with E-state index in [4.69, 9.17) is 4.74 Å². The molecule has 0 unspecified atom stereocenters. The quantitative estimate of drug-likeness (QED) is 0.181. The normalized spacial score (nSPS) is 14.9. The van der Waals surface area contributed by atoms with Crippen LogP contribution in [0, 0.1) is 0 Å². The molecule has 55 heavy (non-hydrogen) atoms. The van der Waals surface area contributed by atoms with Gasteiger partial charge in [0, 0.05) is 27.6 Å². The van der Waals surface area contributed by atoms with Crippen molar-refractivity contribution in [1.29, 1.82) is 0 Å². The van der Waals surface area contributed by atoms with Gasteiger partial charge in [0.15, 0.2) is 11.5 Å². The Balaban J connectivity index is 1.04. The van der Waals surface area contributed by atoms with E-state index in [1.54, 1.807) is 0 Å². The second-order valence-electron chi connectivity index (χ2n) is 16.2. The number of fused-ring (bicyclic) bond motifs is 8. The third kappa shape index (κ3) is 4.56. The summed E-state index contributed by atoms with van der Waals surface area (Å²) in [5.74, 6) is 1.77. The van der Waals surface area contributed by atoms with Gasteiger partial charge in [0.2, 0.25) is 0 Å². The van der Waals surface area contributed by atoms with E-state index >= 15 is 0 Å². The summed E-state index contributed by atoms with van der Waals surface area (Å²) in [4.78, 5) is 4.85. The molecule has 0 N–H and O–H groups in total. The molecule has 3 aliphatic rings. The third-order valence-corrected chi connectivity index (χ3v) is 12.4. The Morgan fingerprint density at radius 2 is 1.11 bits per heavy atom. The minimum absolute atomic E-state index is 0.0977. The van der Waals surface area contributed by atoms with Gasteiger partial charge in [-0.05, 0) is 104 Å². The van der Waals surface area contributed by atoms with E-state index in [0.717, 1.165) is 39.9 Å². The van der Waals surface area contributed by atoms with Crippen molar-refractivity contribution in [3.8, 4) is 33.8 Å². The molecule has 11 rings (SSSR count). The summed E-state index contributed by atoms with van der Waals surface area (Å²) in [6.45, 7) is 9.36. The molecule has 3 nitrogen and oxygen atoms in total. The Morgan fingerprint density at radius 1 is 0.455 bits per heavy atom. The summed E-state index contributed by atoms with van der Waals surface area (Å²) in [6.07, 6.45) is 0. The molecule has 0 atom stereocenters. The van der Waals surface area contributed by atoms with Crippen LogP contribution in [0.5, 0.6) is 11.5 Å². The molecular formula is C52H40N2O. The Hall–Kier alpha value is -6.58. The zero-order chi connectivity index (χ0) is 37.1. The van der Waals surface area contributed by atoms with E-state index in [1.807, 2.05) is 6.07 Å². The van der Waals surface area contributed by atoms with Crippen LogP contribution in [-0.2, 0) is 10.8 Å². The van der Waals surface area contributed by atoms with E-state index in [2.05, 4.69) is 201 Å². The molecule has 2 heterocycles. The van der Waals surface area contributed by atoms with Crippen molar-refractivity contribution in [2.45, 2.75) is 38.5 Å². The van der Waals surface area contributed by atoms with Gasteiger partial charge in [-0.15, -0.1) is 0 Å². The minimum atomic E-state index is -0.194. The SMILES string of the molecule is CC1(C)c2ccccc2-c2ccc(N(c3ccc(-c4ccc5c(c4)N4c6ccccc6Oc6cccc(c64)C5(C)C)cc3)c3cccc4ccccc34)cc21. The summed E-state index contributed by atoms with van der Waals surface area (Å²) in [7, 11) is 0. The summed E-state index contributed by atoms with van der Waals surface area (Å²) < 4.78 is 6.49. The van der Waals surface area contributed by atoms with Gasteiger partial charge in [-0.25, -0.2) is 0 Å². The number of anilines is 6. The first-order valence-electron chi connectivity index (χ1n) is 19.3. The molecule has 8 aromatic rings. The van der Waals surface area contributed by atoms with E-state index in [-0.39, 0.29) is 10.8 Å². The predicted molar refractivity (Wildman–Crippen MR) is 229 cm³/mol. The van der Waals surface area contributed by atoms with Crippen LogP contribution in [0.15, 0.2) is 170 Å². The molecule has 0 spiro atoms. The van der Waals surface area contributed by atoms with Crippen LogP contribution in [0.1, 0.15) is 49.9 Å². The lowest BCUT2D eigenvalue weighted by molar-refractivity contribution is 0.471. The second-order valence-corrected chi connectivity index (χ2v) is 16.2. The zero-order valence-corrected chi connectivity index (χ0v) is 31.5. The fourth-order valence-electron chi connectivity index (χ4n) is 9.59. The van der Waals surface area contributed by atoms with Crippen LogP contribution in [0.25, 0.3) is 33.0 Å². The highest BCUT2D eigenvalue weighted by atomic mass is 16.5. The lowest BCUT2D eigenvalue weighted by Gasteiger charge is -2.45. The first-order chi connectivity index (χ1) is 26.8. The lowest BCUT2D eigenvalue weighted by Crippen LogP contribution is -2.32. The van der Waals surface area contributed by atoms with Crippen LogP contribution >= 0.6 is 0 Å². The first kappa shape index (κ1) is 31.9. The number of benzene rings is 8. The van der Waals surface area contributed by atoms with E-state index in [0.29, 0.717) is 0 Å². The van der Waals surface area contributed by atoms with Crippen molar-refractivity contribution in [3.63, 3.8) is 0 Å². The van der Waals surface area contributed by atoms with Crippen LogP contribution in [0.3, 0.4) is 0 Å². The van der Waals surface area contributed by atoms with Crippen LogP contribution in [0.2, 0.25) is 0 Å². The fourth-order valence-corrected chi connectivity index (χ4v) is 9.59. The molecule has 0 fully saturated rings. The van der Waals surface area contributed by atoms with Gasteiger partial charge in [-0.2, -0.15) is 0 Å². The zero-order valence-electron chi connectivity index (χ0n) is 31.5. The van der Waals surface area contributed by atoms with E-state index < -0.39 is 0 Å². The Labute approximate surface area is 322 Å².